The predicted octanol–water partition coefficient (Wildman–Crippen LogP) is 1.16. The second kappa shape index (κ2) is 4.28. The van der Waals surface area contributed by atoms with Crippen molar-refractivity contribution in [2.24, 2.45) is 0 Å². The second-order valence-electron chi connectivity index (χ2n) is 3.56. The van der Waals surface area contributed by atoms with Gasteiger partial charge in [-0.2, -0.15) is 0 Å². The van der Waals surface area contributed by atoms with Crippen molar-refractivity contribution < 1.29 is 4.79 Å². The summed E-state index contributed by atoms with van der Waals surface area (Å²) >= 11 is 0. The SMILES string of the molecule is CNCC=Cc1ccc2c(c1)CNC2=O. The number of hydrogen-bond acceptors (Lipinski definition) is 2. The fourth-order valence-corrected chi connectivity index (χ4v) is 1.67. The molecule has 1 heterocycles. The third-order valence-electron chi connectivity index (χ3n) is 2.45. The van der Waals surface area contributed by atoms with Gasteiger partial charge in [0.1, 0.15) is 0 Å². The predicted molar refractivity (Wildman–Crippen MR) is 60.6 cm³/mol. The standard InChI is InChI=1S/C12H14N2O/c1-13-6-2-3-9-4-5-11-10(7-9)8-14-12(11)15/h2-5,7,13H,6,8H2,1H3,(H,14,15). The molecule has 3 heteroatoms. The first kappa shape index (κ1) is 9.93. The normalized spacial score (nSPS) is 14.3. The zero-order chi connectivity index (χ0) is 10.7. The zero-order valence-electron chi connectivity index (χ0n) is 8.71. The van der Waals surface area contributed by atoms with E-state index in [0.717, 1.165) is 23.2 Å². The van der Waals surface area contributed by atoms with Crippen LogP contribution < -0.4 is 10.6 Å². The largest absolute Gasteiger partial charge is 0.348 e. The summed E-state index contributed by atoms with van der Waals surface area (Å²) in [6.07, 6.45) is 4.12. The van der Waals surface area contributed by atoms with Crippen LogP contribution in [0.2, 0.25) is 0 Å². The number of rotatable bonds is 3. The average molecular weight is 202 g/mol. The minimum atomic E-state index is 0.0377. The van der Waals surface area contributed by atoms with Crippen LogP contribution in [-0.2, 0) is 6.54 Å². The Morgan fingerprint density at radius 1 is 1.53 bits per heavy atom. The van der Waals surface area contributed by atoms with Crippen LogP contribution >= 0.6 is 0 Å². The van der Waals surface area contributed by atoms with Crippen molar-refractivity contribution >= 4 is 12.0 Å². The van der Waals surface area contributed by atoms with Crippen molar-refractivity contribution in [1.82, 2.24) is 10.6 Å². The number of carbonyl (C=O) groups excluding carboxylic acids is 1. The number of nitrogens with one attached hydrogen (secondary N) is 2. The van der Waals surface area contributed by atoms with Gasteiger partial charge >= 0.3 is 0 Å². The first-order valence-electron chi connectivity index (χ1n) is 5.03. The van der Waals surface area contributed by atoms with Gasteiger partial charge in [0.25, 0.3) is 5.91 Å². The highest BCUT2D eigenvalue weighted by atomic mass is 16.1. The molecular weight excluding hydrogens is 188 g/mol. The summed E-state index contributed by atoms with van der Waals surface area (Å²) in [5, 5.41) is 5.85. The quantitative estimate of drug-likeness (QED) is 0.772. The molecule has 78 valence electrons. The van der Waals surface area contributed by atoms with Gasteiger partial charge in [-0.3, -0.25) is 4.79 Å². The molecule has 0 saturated carbocycles. The maximum atomic E-state index is 11.3. The molecule has 1 aliphatic rings. The van der Waals surface area contributed by atoms with Crippen LogP contribution in [0.5, 0.6) is 0 Å². The van der Waals surface area contributed by atoms with E-state index < -0.39 is 0 Å². The number of hydrogen-bond donors (Lipinski definition) is 2. The summed E-state index contributed by atoms with van der Waals surface area (Å²) in [5.74, 6) is 0.0377. The van der Waals surface area contributed by atoms with E-state index in [-0.39, 0.29) is 5.91 Å². The third kappa shape index (κ3) is 2.07. The van der Waals surface area contributed by atoms with Gasteiger partial charge in [0.05, 0.1) is 0 Å². The van der Waals surface area contributed by atoms with Crippen LogP contribution in [0.25, 0.3) is 6.08 Å². The zero-order valence-corrected chi connectivity index (χ0v) is 8.71. The van der Waals surface area contributed by atoms with Crippen molar-refractivity contribution in [2.45, 2.75) is 6.54 Å². The molecular formula is C12H14N2O. The molecule has 2 rings (SSSR count). The van der Waals surface area contributed by atoms with E-state index in [9.17, 15) is 4.79 Å². The van der Waals surface area contributed by atoms with Crippen molar-refractivity contribution in [3.63, 3.8) is 0 Å². The Bertz CT molecular complexity index is 410. The lowest BCUT2D eigenvalue weighted by atomic mass is 10.1. The molecule has 0 saturated heterocycles. The van der Waals surface area contributed by atoms with Crippen LogP contribution in [0.1, 0.15) is 21.5 Å². The molecule has 1 aromatic carbocycles. The average Bonchev–Trinajstić information content (AvgIpc) is 2.61. The Hall–Kier alpha value is -1.61. The highest BCUT2D eigenvalue weighted by Crippen LogP contribution is 2.17. The number of carbonyl (C=O) groups is 1. The molecule has 1 aromatic rings. The van der Waals surface area contributed by atoms with Crippen LogP contribution in [0, 0.1) is 0 Å². The number of amides is 1. The van der Waals surface area contributed by atoms with Crippen molar-refractivity contribution in [2.75, 3.05) is 13.6 Å². The van der Waals surface area contributed by atoms with Gasteiger partial charge < -0.3 is 10.6 Å². The molecule has 1 aliphatic heterocycles. The van der Waals surface area contributed by atoms with Gasteiger partial charge in [-0.25, -0.2) is 0 Å². The minimum Gasteiger partial charge on any atom is -0.348 e. The maximum absolute atomic E-state index is 11.3. The summed E-state index contributed by atoms with van der Waals surface area (Å²) in [4.78, 5) is 11.3. The van der Waals surface area contributed by atoms with Gasteiger partial charge in [0.2, 0.25) is 0 Å². The monoisotopic (exact) mass is 202 g/mol. The third-order valence-corrected chi connectivity index (χ3v) is 2.45. The summed E-state index contributed by atoms with van der Waals surface area (Å²) < 4.78 is 0. The summed E-state index contributed by atoms with van der Waals surface area (Å²) in [6.45, 7) is 1.51. The Morgan fingerprint density at radius 3 is 3.20 bits per heavy atom. The number of fused-ring (bicyclic) bond motifs is 1. The van der Waals surface area contributed by atoms with Crippen LogP contribution in [0.4, 0.5) is 0 Å². The molecule has 0 aliphatic carbocycles. The summed E-state index contributed by atoms with van der Waals surface area (Å²) in [6, 6.07) is 5.91. The van der Waals surface area contributed by atoms with Gasteiger partial charge in [-0.1, -0.05) is 18.2 Å². The van der Waals surface area contributed by atoms with E-state index in [1.807, 2.05) is 19.2 Å². The van der Waals surface area contributed by atoms with Gasteiger partial charge in [-0.15, -0.1) is 0 Å². The van der Waals surface area contributed by atoms with E-state index in [0.29, 0.717) is 6.54 Å². The van der Waals surface area contributed by atoms with Gasteiger partial charge in [-0.05, 0) is 30.3 Å². The Balaban J connectivity index is 2.19. The maximum Gasteiger partial charge on any atom is 0.251 e. The van der Waals surface area contributed by atoms with Crippen molar-refractivity contribution in [1.29, 1.82) is 0 Å². The molecule has 0 unspecified atom stereocenters. The molecule has 0 spiro atoms. The molecule has 0 atom stereocenters. The highest BCUT2D eigenvalue weighted by molar-refractivity contribution is 5.98. The van der Waals surface area contributed by atoms with E-state index >= 15 is 0 Å². The molecule has 0 aromatic heterocycles. The topological polar surface area (TPSA) is 41.1 Å². The van der Waals surface area contributed by atoms with Gasteiger partial charge in [0, 0.05) is 18.7 Å². The summed E-state index contributed by atoms with van der Waals surface area (Å²) in [7, 11) is 1.91. The van der Waals surface area contributed by atoms with E-state index in [1.165, 1.54) is 0 Å². The molecule has 0 radical (unpaired) electrons. The van der Waals surface area contributed by atoms with Crippen LogP contribution in [0.15, 0.2) is 24.3 Å². The fourth-order valence-electron chi connectivity index (χ4n) is 1.67. The molecule has 15 heavy (non-hydrogen) atoms. The second-order valence-corrected chi connectivity index (χ2v) is 3.56. The Kier molecular flexibility index (Phi) is 2.83. The Morgan fingerprint density at radius 2 is 2.40 bits per heavy atom. The molecule has 2 N–H and O–H groups in total. The summed E-state index contributed by atoms with van der Waals surface area (Å²) in [5.41, 5.74) is 3.04. The van der Waals surface area contributed by atoms with Crippen molar-refractivity contribution in [3.05, 3.63) is 41.0 Å². The highest BCUT2D eigenvalue weighted by Gasteiger charge is 2.17. The van der Waals surface area contributed by atoms with E-state index in [4.69, 9.17) is 0 Å². The lowest BCUT2D eigenvalue weighted by Crippen LogP contribution is -2.12. The fraction of sp³-hybridized carbons (Fsp3) is 0.250. The Labute approximate surface area is 89.2 Å². The van der Waals surface area contributed by atoms with E-state index in [2.05, 4.69) is 28.9 Å². The van der Waals surface area contributed by atoms with Crippen LogP contribution in [0.3, 0.4) is 0 Å². The smallest absolute Gasteiger partial charge is 0.251 e. The van der Waals surface area contributed by atoms with Crippen molar-refractivity contribution in [3.8, 4) is 0 Å². The molecule has 0 fully saturated rings. The van der Waals surface area contributed by atoms with Crippen LogP contribution in [-0.4, -0.2) is 19.5 Å². The van der Waals surface area contributed by atoms with Gasteiger partial charge in [0.15, 0.2) is 0 Å². The molecule has 1 amide bonds. The number of benzene rings is 1. The van der Waals surface area contributed by atoms with E-state index in [1.54, 1.807) is 0 Å². The first-order valence-corrected chi connectivity index (χ1v) is 5.03. The molecule has 0 bridgehead atoms. The minimum absolute atomic E-state index is 0.0377. The lowest BCUT2D eigenvalue weighted by Gasteiger charge is -1.98. The molecule has 3 nitrogen and oxygen atoms in total. The lowest BCUT2D eigenvalue weighted by molar-refractivity contribution is 0.0966. The first-order chi connectivity index (χ1) is 7.31. The number of likely N-dealkylation sites (N-methyl/N-ethyl adjacent to an activating group) is 1.